The van der Waals surface area contributed by atoms with E-state index in [9.17, 15) is 31.1 Å². The molecule has 2 aromatic heterocycles. The number of hydrogen-bond donors (Lipinski definition) is 2. The smallest absolute Gasteiger partial charge is 0.369 e. The van der Waals surface area contributed by atoms with Crippen LogP contribution in [0.2, 0.25) is 0 Å². The van der Waals surface area contributed by atoms with Gasteiger partial charge in [-0.15, -0.1) is 0 Å². The number of aromatic nitrogens is 4. The largest absolute Gasteiger partial charge is 0.416 e. The summed E-state index contributed by atoms with van der Waals surface area (Å²) in [4.78, 5) is 21.4. The Bertz CT molecular complexity index is 1190. The monoisotopic (exact) mass is 534 g/mol. The number of nitrogens with one attached hydrogen (secondary N) is 2. The number of fused-ring (bicyclic) bond motifs is 1. The van der Waals surface area contributed by atoms with E-state index in [4.69, 9.17) is 0 Å². The lowest BCUT2D eigenvalue weighted by atomic mass is 10.0. The van der Waals surface area contributed by atoms with Crippen molar-refractivity contribution in [2.75, 3.05) is 24.2 Å². The number of benzene rings is 1. The Morgan fingerprint density at radius 3 is 2.25 bits per heavy atom. The van der Waals surface area contributed by atoms with Crippen molar-refractivity contribution in [3.05, 3.63) is 41.1 Å². The summed E-state index contributed by atoms with van der Waals surface area (Å²) in [5.74, 6) is 0.620. The molecule has 0 aliphatic carbocycles. The summed E-state index contributed by atoms with van der Waals surface area (Å²) in [7, 11) is 0. The first-order valence-electron chi connectivity index (χ1n) is 11.0. The second kappa shape index (κ2) is 10.9. The molecule has 0 spiro atoms. The molecule has 1 aromatic carbocycles. The highest BCUT2D eigenvalue weighted by atomic mass is 32.2. The van der Waals surface area contributed by atoms with Crippen LogP contribution < -0.4 is 10.6 Å². The zero-order valence-corrected chi connectivity index (χ0v) is 20.4. The molecule has 0 unspecified atom stereocenters. The van der Waals surface area contributed by atoms with Gasteiger partial charge in [0.15, 0.2) is 10.8 Å². The predicted octanol–water partition coefficient (Wildman–Crippen LogP) is 5.47. The number of nitrogens with zero attached hydrogens (tertiary/aromatic N) is 4. The van der Waals surface area contributed by atoms with Crippen molar-refractivity contribution in [1.82, 2.24) is 25.1 Å². The molecular weight excluding hydrogens is 510 g/mol. The van der Waals surface area contributed by atoms with Crippen molar-refractivity contribution >= 4 is 34.5 Å². The molecule has 2 N–H and O–H groups in total. The summed E-state index contributed by atoms with van der Waals surface area (Å²) in [5, 5.41) is 11.0. The summed E-state index contributed by atoms with van der Waals surface area (Å²) in [5.41, 5.74) is -3.37. The molecule has 0 aliphatic rings. The van der Waals surface area contributed by atoms with Crippen LogP contribution in [-0.4, -0.2) is 44.5 Å². The Hall–Kier alpha value is -3.03. The number of rotatable bonds is 9. The van der Waals surface area contributed by atoms with Gasteiger partial charge in [0.2, 0.25) is 0 Å². The summed E-state index contributed by atoms with van der Waals surface area (Å²) >= 11 is 1.43. The minimum atomic E-state index is -5.04. The molecule has 1 amide bonds. The van der Waals surface area contributed by atoms with Crippen LogP contribution in [0, 0.1) is 5.92 Å². The Balaban J connectivity index is 1.80. The van der Waals surface area contributed by atoms with Crippen LogP contribution in [0.5, 0.6) is 0 Å². The molecule has 0 fully saturated rings. The highest BCUT2D eigenvalue weighted by Gasteiger charge is 2.37. The first-order chi connectivity index (χ1) is 16.8. The first kappa shape index (κ1) is 27.6. The summed E-state index contributed by atoms with van der Waals surface area (Å²) in [6, 6.07) is 0.757. The van der Waals surface area contributed by atoms with Gasteiger partial charge in [-0.2, -0.15) is 31.4 Å². The van der Waals surface area contributed by atoms with Crippen molar-refractivity contribution in [2.45, 2.75) is 44.8 Å². The van der Waals surface area contributed by atoms with Gasteiger partial charge in [-0.1, -0.05) is 32.5 Å². The van der Waals surface area contributed by atoms with E-state index in [0.29, 0.717) is 46.6 Å². The first-order valence-corrected chi connectivity index (χ1v) is 12.0. The van der Waals surface area contributed by atoms with E-state index in [-0.39, 0.29) is 19.2 Å². The fourth-order valence-electron chi connectivity index (χ4n) is 3.19. The second-order valence-corrected chi connectivity index (χ2v) is 9.45. The van der Waals surface area contributed by atoms with Gasteiger partial charge < -0.3 is 10.6 Å². The summed E-state index contributed by atoms with van der Waals surface area (Å²) in [6.45, 7) is 6.67. The van der Waals surface area contributed by atoms with Gasteiger partial charge in [-0.05, 0) is 29.9 Å². The summed E-state index contributed by atoms with van der Waals surface area (Å²) < 4.78 is 79.9. The SMILES string of the molecule is CCSc1nc(NCC(C)C)c2cnn(CCNC(=O)c3cc(C(F)(F)F)cc(C(F)(F)F)c3)c2n1. The van der Waals surface area contributed by atoms with Gasteiger partial charge >= 0.3 is 12.4 Å². The molecule has 0 bridgehead atoms. The quantitative estimate of drug-likeness (QED) is 0.215. The van der Waals surface area contributed by atoms with Crippen LogP contribution in [0.4, 0.5) is 32.2 Å². The number of amides is 1. The van der Waals surface area contributed by atoms with Crippen LogP contribution in [0.15, 0.2) is 29.6 Å². The van der Waals surface area contributed by atoms with Crippen LogP contribution in [-0.2, 0) is 18.9 Å². The van der Waals surface area contributed by atoms with E-state index < -0.39 is 35.0 Å². The van der Waals surface area contributed by atoms with E-state index in [1.165, 1.54) is 16.4 Å². The third kappa shape index (κ3) is 6.80. The van der Waals surface area contributed by atoms with Crippen molar-refractivity contribution in [2.24, 2.45) is 5.92 Å². The molecule has 0 aliphatic heterocycles. The summed E-state index contributed by atoms with van der Waals surface area (Å²) in [6.07, 6.45) is -8.53. The van der Waals surface area contributed by atoms with E-state index in [0.717, 1.165) is 5.75 Å². The van der Waals surface area contributed by atoms with Gasteiger partial charge in [0.05, 0.1) is 29.3 Å². The zero-order valence-electron chi connectivity index (χ0n) is 19.6. The molecule has 0 radical (unpaired) electrons. The molecule has 3 rings (SSSR count). The van der Waals surface area contributed by atoms with Crippen molar-refractivity contribution in [3.63, 3.8) is 0 Å². The lowest BCUT2D eigenvalue weighted by Crippen LogP contribution is -2.28. The second-order valence-electron chi connectivity index (χ2n) is 8.22. The maximum absolute atomic E-state index is 13.1. The van der Waals surface area contributed by atoms with E-state index in [1.54, 1.807) is 6.20 Å². The van der Waals surface area contributed by atoms with Gasteiger partial charge in [0, 0.05) is 18.7 Å². The Kier molecular flexibility index (Phi) is 8.37. The lowest BCUT2D eigenvalue weighted by molar-refractivity contribution is -0.143. The van der Waals surface area contributed by atoms with E-state index in [1.807, 2.05) is 20.8 Å². The van der Waals surface area contributed by atoms with Crippen molar-refractivity contribution in [3.8, 4) is 0 Å². The maximum Gasteiger partial charge on any atom is 0.416 e. The molecule has 0 saturated carbocycles. The fraction of sp³-hybridized carbons (Fsp3) is 0.455. The van der Waals surface area contributed by atoms with Crippen molar-refractivity contribution in [1.29, 1.82) is 0 Å². The number of hydrogen-bond acceptors (Lipinski definition) is 6. The number of carbonyl (C=O) groups is 1. The van der Waals surface area contributed by atoms with Gasteiger partial charge in [0.1, 0.15) is 5.82 Å². The van der Waals surface area contributed by atoms with Crippen LogP contribution in [0.25, 0.3) is 11.0 Å². The molecule has 0 atom stereocenters. The third-order valence-electron chi connectivity index (χ3n) is 4.89. The van der Waals surface area contributed by atoms with Crippen LogP contribution in [0.3, 0.4) is 0 Å². The standard InChI is InChI=1S/C22H24F6N6OS/c1-4-36-20-32-17(30-10-12(2)3)16-11-31-34(18(16)33-20)6-5-29-19(35)13-7-14(21(23,24)25)9-15(8-13)22(26,27)28/h7-9,11-12H,4-6,10H2,1-3H3,(H,29,35)(H,30,32,33). The number of anilines is 1. The predicted molar refractivity (Wildman–Crippen MR) is 124 cm³/mol. The molecular formula is C22H24F6N6OS. The highest BCUT2D eigenvalue weighted by molar-refractivity contribution is 7.99. The normalized spacial score (nSPS) is 12.4. The third-order valence-corrected chi connectivity index (χ3v) is 5.62. The van der Waals surface area contributed by atoms with E-state index in [2.05, 4.69) is 25.7 Å². The number of carbonyl (C=O) groups excluding carboxylic acids is 1. The van der Waals surface area contributed by atoms with Crippen molar-refractivity contribution < 1.29 is 31.1 Å². The van der Waals surface area contributed by atoms with Gasteiger partial charge in [0.25, 0.3) is 5.91 Å². The average molecular weight is 535 g/mol. The Labute approximate surface area is 207 Å². The maximum atomic E-state index is 13.1. The Morgan fingerprint density at radius 2 is 1.69 bits per heavy atom. The zero-order chi connectivity index (χ0) is 26.7. The minimum absolute atomic E-state index is 0.0246. The average Bonchev–Trinajstić information content (AvgIpc) is 3.19. The number of alkyl halides is 6. The Morgan fingerprint density at radius 1 is 1.06 bits per heavy atom. The molecule has 3 aromatic rings. The topological polar surface area (TPSA) is 84.7 Å². The fourth-order valence-corrected chi connectivity index (χ4v) is 3.76. The molecule has 2 heterocycles. The highest BCUT2D eigenvalue weighted by Crippen LogP contribution is 2.36. The lowest BCUT2D eigenvalue weighted by Gasteiger charge is -2.14. The molecule has 7 nitrogen and oxygen atoms in total. The number of halogens is 6. The molecule has 0 saturated heterocycles. The van der Waals surface area contributed by atoms with Crippen LogP contribution >= 0.6 is 11.8 Å². The molecule has 36 heavy (non-hydrogen) atoms. The van der Waals surface area contributed by atoms with Gasteiger partial charge in [-0.25, -0.2) is 14.6 Å². The molecule has 196 valence electrons. The molecule has 14 heteroatoms. The minimum Gasteiger partial charge on any atom is -0.369 e. The van der Waals surface area contributed by atoms with Crippen LogP contribution in [0.1, 0.15) is 42.3 Å². The van der Waals surface area contributed by atoms with E-state index >= 15 is 0 Å². The number of thioether (sulfide) groups is 1. The van der Waals surface area contributed by atoms with Gasteiger partial charge in [-0.3, -0.25) is 4.79 Å².